The van der Waals surface area contributed by atoms with Crippen molar-refractivity contribution in [2.75, 3.05) is 7.11 Å². The number of nitrogens with one attached hydrogen (secondary N) is 1. The summed E-state index contributed by atoms with van der Waals surface area (Å²) < 4.78 is 38.0. The van der Waals surface area contributed by atoms with Crippen molar-refractivity contribution in [1.82, 2.24) is 4.72 Å². The average molecular weight is 434 g/mol. The summed E-state index contributed by atoms with van der Waals surface area (Å²) >= 11 is 0. The highest BCUT2D eigenvalue weighted by molar-refractivity contribution is 7.89. The highest BCUT2D eigenvalue weighted by Gasteiger charge is 2.25. The third-order valence-electron chi connectivity index (χ3n) is 4.38. The molecule has 1 unspecified atom stereocenters. The summed E-state index contributed by atoms with van der Waals surface area (Å²) in [6, 6.07) is 10.7. The van der Waals surface area contributed by atoms with Gasteiger partial charge in [0.2, 0.25) is 15.8 Å². The molecule has 1 N–H and O–H groups in total. The normalized spacial score (nSPS) is 12.5. The first-order valence-electron chi connectivity index (χ1n) is 9.63. The molecule has 0 saturated carbocycles. The number of aryl methyl sites for hydroxylation is 1. The van der Waals surface area contributed by atoms with Crippen LogP contribution in [0.3, 0.4) is 0 Å². The smallest absolute Gasteiger partial charge is 0.338 e. The van der Waals surface area contributed by atoms with Crippen LogP contribution >= 0.6 is 0 Å². The van der Waals surface area contributed by atoms with E-state index >= 15 is 0 Å². The van der Waals surface area contributed by atoms with Crippen molar-refractivity contribution >= 4 is 21.8 Å². The standard InChI is InChI=1S/C22H27NO6S/c1-6-16-7-9-17(10-8-16)21(24)15(4)29-22(25)18-11-12-19(28-5)20(13-18)30(26,27)23-14(2)3/h7-15,23H,6H2,1-5H3. The summed E-state index contributed by atoms with van der Waals surface area (Å²) in [6.07, 6.45) is -0.172. The second kappa shape index (κ2) is 9.86. The van der Waals surface area contributed by atoms with Crippen molar-refractivity contribution in [2.45, 2.75) is 51.2 Å². The van der Waals surface area contributed by atoms with Gasteiger partial charge in [0.05, 0.1) is 12.7 Å². The number of ketones is 1. The molecule has 0 aromatic heterocycles. The highest BCUT2D eigenvalue weighted by Crippen LogP contribution is 2.26. The van der Waals surface area contributed by atoms with Crippen LogP contribution < -0.4 is 9.46 Å². The molecule has 7 nitrogen and oxygen atoms in total. The molecule has 2 aromatic rings. The van der Waals surface area contributed by atoms with Gasteiger partial charge in [-0.1, -0.05) is 31.2 Å². The quantitative estimate of drug-likeness (QED) is 0.481. The van der Waals surface area contributed by atoms with Crippen molar-refractivity contribution in [1.29, 1.82) is 0 Å². The number of hydrogen-bond donors (Lipinski definition) is 1. The number of Topliss-reactive ketones (excluding diaryl/α,β-unsaturated/α-hetero) is 1. The minimum Gasteiger partial charge on any atom is -0.495 e. The molecule has 0 fully saturated rings. The van der Waals surface area contributed by atoms with Crippen molar-refractivity contribution in [2.24, 2.45) is 0 Å². The van der Waals surface area contributed by atoms with Crippen LogP contribution in [0.5, 0.6) is 5.75 Å². The summed E-state index contributed by atoms with van der Waals surface area (Å²) in [6.45, 7) is 6.86. The average Bonchev–Trinajstić information content (AvgIpc) is 2.71. The monoisotopic (exact) mass is 433 g/mol. The first kappa shape index (κ1) is 23.6. The number of hydrogen-bond acceptors (Lipinski definition) is 6. The summed E-state index contributed by atoms with van der Waals surface area (Å²) in [5, 5.41) is 0. The Morgan fingerprint density at radius 1 is 1.00 bits per heavy atom. The van der Waals surface area contributed by atoms with Crippen LogP contribution in [0, 0.1) is 0 Å². The Bertz CT molecular complexity index is 1010. The van der Waals surface area contributed by atoms with Crippen LogP contribution in [-0.2, 0) is 21.2 Å². The Balaban J connectivity index is 2.23. The molecule has 0 bridgehead atoms. The Kier molecular flexibility index (Phi) is 7.75. The fourth-order valence-electron chi connectivity index (χ4n) is 2.81. The summed E-state index contributed by atoms with van der Waals surface area (Å²) in [5.41, 5.74) is 1.53. The number of carbonyl (C=O) groups is 2. The third-order valence-corrected chi connectivity index (χ3v) is 6.06. The predicted molar refractivity (Wildman–Crippen MR) is 113 cm³/mol. The van der Waals surface area contributed by atoms with Gasteiger partial charge in [0.1, 0.15) is 10.6 Å². The largest absolute Gasteiger partial charge is 0.495 e. The van der Waals surface area contributed by atoms with E-state index in [4.69, 9.17) is 9.47 Å². The molecule has 2 rings (SSSR count). The highest BCUT2D eigenvalue weighted by atomic mass is 32.2. The lowest BCUT2D eigenvalue weighted by molar-refractivity contribution is 0.0318. The van der Waals surface area contributed by atoms with Crippen LogP contribution in [0.2, 0.25) is 0 Å². The van der Waals surface area contributed by atoms with Gasteiger partial charge in [0.25, 0.3) is 0 Å². The van der Waals surface area contributed by atoms with E-state index in [9.17, 15) is 18.0 Å². The van der Waals surface area contributed by atoms with Crippen LogP contribution in [-0.4, -0.2) is 39.4 Å². The van der Waals surface area contributed by atoms with E-state index in [1.54, 1.807) is 26.0 Å². The van der Waals surface area contributed by atoms with Crippen molar-refractivity contribution in [3.8, 4) is 5.75 Å². The van der Waals surface area contributed by atoms with Gasteiger partial charge in [0, 0.05) is 11.6 Å². The number of ether oxygens (including phenoxy) is 2. The zero-order valence-corrected chi connectivity index (χ0v) is 18.6. The summed E-state index contributed by atoms with van der Waals surface area (Å²) in [4.78, 5) is 24.9. The number of methoxy groups -OCH3 is 1. The van der Waals surface area contributed by atoms with E-state index in [1.165, 1.54) is 32.2 Å². The maximum atomic E-state index is 12.6. The number of benzene rings is 2. The van der Waals surface area contributed by atoms with Crippen LogP contribution in [0.25, 0.3) is 0 Å². The Morgan fingerprint density at radius 2 is 1.60 bits per heavy atom. The molecule has 162 valence electrons. The zero-order chi connectivity index (χ0) is 22.5. The number of carbonyl (C=O) groups excluding carboxylic acids is 2. The molecule has 0 aliphatic rings. The molecule has 0 radical (unpaired) electrons. The second-order valence-electron chi connectivity index (χ2n) is 7.10. The van der Waals surface area contributed by atoms with Gasteiger partial charge in [-0.15, -0.1) is 0 Å². The van der Waals surface area contributed by atoms with E-state index < -0.39 is 22.1 Å². The molecule has 30 heavy (non-hydrogen) atoms. The summed E-state index contributed by atoms with van der Waals surface area (Å²) in [7, 11) is -2.56. The van der Waals surface area contributed by atoms with Gasteiger partial charge in [-0.25, -0.2) is 17.9 Å². The number of sulfonamides is 1. The lowest BCUT2D eigenvalue weighted by Crippen LogP contribution is -2.30. The molecule has 0 saturated heterocycles. The Labute approximate surface area is 177 Å². The third kappa shape index (κ3) is 5.67. The molecule has 0 heterocycles. The maximum absolute atomic E-state index is 12.6. The van der Waals surface area contributed by atoms with Crippen LogP contribution in [0.4, 0.5) is 0 Å². The maximum Gasteiger partial charge on any atom is 0.338 e. The Hall–Kier alpha value is -2.71. The van der Waals surface area contributed by atoms with Crippen molar-refractivity contribution in [3.63, 3.8) is 0 Å². The molecule has 0 amide bonds. The SMILES string of the molecule is CCc1ccc(C(=O)C(C)OC(=O)c2ccc(OC)c(S(=O)(=O)NC(C)C)c2)cc1. The van der Waals surface area contributed by atoms with E-state index in [2.05, 4.69) is 4.72 Å². The van der Waals surface area contributed by atoms with Gasteiger partial charge < -0.3 is 9.47 Å². The molecule has 1 atom stereocenters. The molecule has 0 aliphatic heterocycles. The van der Waals surface area contributed by atoms with E-state index in [1.807, 2.05) is 19.1 Å². The minimum absolute atomic E-state index is 0.000844. The van der Waals surface area contributed by atoms with Gasteiger partial charge in [0.15, 0.2) is 6.10 Å². The van der Waals surface area contributed by atoms with Crippen molar-refractivity contribution < 1.29 is 27.5 Å². The Morgan fingerprint density at radius 3 is 2.13 bits per heavy atom. The lowest BCUT2D eigenvalue weighted by atomic mass is 10.0. The molecule has 0 aliphatic carbocycles. The fourth-order valence-corrected chi connectivity index (χ4v) is 4.25. The first-order chi connectivity index (χ1) is 14.1. The van der Waals surface area contributed by atoms with Crippen molar-refractivity contribution in [3.05, 3.63) is 59.2 Å². The van der Waals surface area contributed by atoms with Gasteiger partial charge >= 0.3 is 5.97 Å². The fraction of sp³-hybridized carbons (Fsp3) is 0.364. The van der Waals surface area contributed by atoms with Crippen LogP contribution in [0.15, 0.2) is 47.4 Å². The minimum atomic E-state index is -3.90. The molecule has 8 heteroatoms. The number of rotatable bonds is 9. The second-order valence-corrected chi connectivity index (χ2v) is 8.79. The molecular formula is C22H27NO6S. The van der Waals surface area contributed by atoms with E-state index in [-0.39, 0.29) is 28.0 Å². The molecular weight excluding hydrogens is 406 g/mol. The van der Waals surface area contributed by atoms with E-state index in [0.29, 0.717) is 5.56 Å². The molecule has 0 spiro atoms. The predicted octanol–water partition coefficient (Wildman–Crippen LogP) is 3.37. The lowest BCUT2D eigenvalue weighted by Gasteiger charge is -2.15. The molecule has 2 aromatic carbocycles. The number of esters is 1. The first-order valence-corrected chi connectivity index (χ1v) is 11.1. The van der Waals surface area contributed by atoms with Crippen LogP contribution in [0.1, 0.15) is 54.0 Å². The zero-order valence-electron chi connectivity index (χ0n) is 17.8. The van der Waals surface area contributed by atoms with Gasteiger partial charge in [-0.3, -0.25) is 4.79 Å². The van der Waals surface area contributed by atoms with Gasteiger partial charge in [-0.05, 0) is 51.0 Å². The topological polar surface area (TPSA) is 98.8 Å². The van der Waals surface area contributed by atoms with Gasteiger partial charge in [-0.2, -0.15) is 0 Å². The van der Waals surface area contributed by atoms with E-state index in [0.717, 1.165) is 12.0 Å². The summed E-state index contributed by atoms with van der Waals surface area (Å²) in [5.74, 6) is -1.04.